The van der Waals surface area contributed by atoms with Gasteiger partial charge in [0.05, 0.1) is 10.0 Å². The summed E-state index contributed by atoms with van der Waals surface area (Å²) >= 11 is 13.7. The molecule has 158 valence electrons. The second-order valence-electron chi connectivity index (χ2n) is 6.88. The van der Waals surface area contributed by atoms with E-state index in [0.29, 0.717) is 39.4 Å². The van der Waals surface area contributed by atoms with Crippen molar-refractivity contribution in [3.05, 3.63) is 68.1 Å². The van der Waals surface area contributed by atoms with Crippen LogP contribution in [0.15, 0.2) is 45.5 Å². The van der Waals surface area contributed by atoms with Gasteiger partial charge in [-0.3, -0.25) is 0 Å². The lowest BCUT2D eigenvalue weighted by atomic mass is 10.1. The van der Waals surface area contributed by atoms with Gasteiger partial charge in [0.25, 0.3) is 0 Å². The van der Waals surface area contributed by atoms with E-state index in [2.05, 4.69) is 17.1 Å². The monoisotopic (exact) mass is 476 g/mol. The minimum absolute atomic E-state index is 0.0456. The highest BCUT2D eigenvalue weighted by molar-refractivity contribution is 8.04. The molecule has 31 heavy (non-hydrogen) atoms. The molecule has 0 spiro atoms. The van der Waals surface area contributed by atoms with Gasteiger partial charge in [0.2, 0.25) is 11.9 Å². The molecule has 0 amide bonds. The number of allylic oxidation sites excluding steroid dienone is 1. The summed E-state index contributed by atoms with van der Waals surface area (Å²) in [5.41, 5.74) is 1.81. The standard InChI is InChI=1S/C21H15Cl2FN4O2S/c1-2-3-19-25-26-21-28(19)27-20(12-8-15(24)14(23)9-13(12)22)18(31-21)7-11-4-5-16-17(6-11)30-10-29-16/h4-9H,2-3,10H2,1H3/b18-7-. The first-order valence-electron chi connectivity index (χ1n) is 9.51. The van der Waals surface area contributed by atoms with Gasteiger partial charge in [0.1, 0.15) is 11.5 Å². The Morgan fingerprint density at radius 2 is 1.97 bits per heavy atom. The van der Waals surface area contributed by atoms with Gasteiger partial charge in [-0.05, 0) is 54.1 Å². The van der Waals surface area contributed by atoms with E-state index in [9.17, 15) is 4.39 Å². The van der Waals surface area contributed by atoms with Gasteiger partial charge >= 0.3 is 0 Å². The second-order valence-corrected chi connectivity index (χ2v) is 8.70. The Morgan fingerprint density at radius 1 is 1.13 bits per heavy atom. The Hall–Kier alpha value is -2.55. The fraction of sp³-hybridized carbons (Fsp3) is 0.190. The van der Waals surface area contributed by atoms with Crippen molar-refractivity contribution in [1.29, 1.82) is 0 Å². The van der Waals surface area contributed by atoms with Crippen molar-refractivity contribution in [3.8, 4) is 11.5 Å². The number of fused-ring (bicyclic) bond motifs is 2. The minimum Gasteiger partial charge on any atom is -0.454 e. The van der Waals surface area contributed by atoms with E-state index < -0.39 is 5.82 Å². The number of aromatic nitrogens is 3. The van der Waals surface area contributed by atoms with E-state index in [1.807, 2.05) is 24.3 Å². The molecule has 0 radical (unpaired) electrons. The lowest BCUT2D eigenvalue weighted by Crippen LogP contribution is -2.14. The van der Waals surface area contributed by atoms with Crippen LogP contribution in [0.25, 0.3) is 6.08 Å². The Labute approximate surface area is 191 Å². The lowest BCUT2D eigenvalue weighted by molar-refractivity contribution is 0.174. The number of halogens is 3. The van der Waals surface area contributed by atoms with Crippen molar-refractivity contribution in [2.75, 3.05) is 6.79 Å². The fourth-order valence-electron chi connectivity index (χ4n) is 3.28. The van der Waals surface area contributed by atoms with E-state index in [4.69, 9.17) is 37.8 Å². The Kier molecular flexibility index (Phi) is 5.37. The SMILES string of the molecule is CCCc1nnc2n1N=C(c1cc(F)c(Cl)cc1Cl)/C(=C/c1ccc3c(c1)OCO3)S2. The molecule has 0 aliphatic carbocycles. The molecule has 0 atom stereocenters. The molecule has 3 heterocycles. The maximum atomic E-state index is 14.3. The number of hydrogen-bond acceptors (Lipinski definition) is 6. The van der Waals surface area contributed by atoms with E-state index in [-0.39, 0.29) is 11.8 Å². The van der Waals surface area contributed by atoms with Gasteiger partial charge in [0.15, 0.2) is 17.3 Å². The average Bonchev–Trinajstić information content (AvgIpc) is 3.37. The van der Waals surface area contributed by atoms with Crippen LogP contribution in [0.5, 0.6) is 11.5 Å². The third-order valence-electron chi connectivity index (χ3n) is 4.74. The summed E-state index contributed by atoms with van der Waals surface area (Å²) in [4.78, 5) is 0.741. The maximum Gasteiger partial charge on any atom is 0.231 e. The highest BCUT2D eigenvalue weighted by Gasteiger charge is 2.26. The molecule has 5 rings (SSSR count). The number of ether oxygens (including phenoxy) is 2. The molecular formula is C21H15Cl2FN4O2S. The maximum absolute atomic E-state index is 14.3. The summed E-state index contributed by atoms with van der Waals surface area (Å²) in [6.45, 7) is 2.25. The van der Waals surface area contributed by atoms with Gasteiger partial charge in [-0.15, -0.1) is 10.2 Å². The van der Waals surface area contributed by atoms with Gasteiger partial charge in [-0.2, -0.15) is 9.78 Å². The summed E-state index contributed by atoms with van der Waals surface area (Å²) in [6.07, 6.45) is 3.53. The summed E-state index contributed by atoms with van der Waals surface area (Å²) in [7, 11) is 0. The molecule has 0 fully saturated rings. The largest absolute Gasteiger partial charge is 0.454 e. The average molecular weight is 477 g/mol. The van der Waals surface area contributed by atoms with Crippen LogP contribution in [0.1, 0.15) is 30.3 Å². The highest BCUT2D eigenvalue weighted by atomic mass is 35.5. The predicted octanol–water partition coefficient (Wildman–Crippen LogP) is 5.80. The van der Waals surface area contributed by atoms with Crippen LogP contribution < -0.4 is 9.47 Å². The van der Waals surface area contributed by atoms with Crippen LogP contribution in [-0.4, -0.2) is 27.4 Å². The molecular weight excluding hydrogens is 462 g/mol. The number of benzene rings is 2. The van der Waals surface area contributed by atoms with Gasteiger partial charge in [-0.1, -0.05) is 36.2 Å². The zero-order valence-corrected chi connectivity index (χ0v) is 18.6. The number of hydrogen-bond donors (Lipinski definition) is 0. The molecule has 10 heteroatoms. The van der Waals surface area contributed by atoms with Crippen LogP contribution in [0.4, 0.5) is 4.39 Å². The zero-order valence-electron chi connectivity index (χ0n) is 16.2. The Bertz CT molecular complexity index is 1260. The molecule has 2 aliphatic rings. The molecule has 0 saturated heterocycles. The minimum atomic E-state index is -0.570. The molecule has 3 aromatic rings. The third-order valence-corrected chi connectivity index (χ3v) is 6.32. The molecule has 2 aromatic carbocycles. The number of thioether (sulfide) groups is 1. The van der Waals surface area contributed by atoms with Crippen molar-refractivity contribution >= 4 is 46.8 Å². The molecule has 0 N–H and O–H groups in total. The van der Waals surface area contributed by atoms with Gasteiger partial charge in [0, 0.05) is 16.9 Å². The zero-order chi connectivity index (χ0) is 21.5. The molecule has 1 aromatic heterocycles. The first kappa shape index (κ1) is 20.4. The van der Waals surface area contributed by atoms with Gasteiger partial charge < -0.3 is 9.47 Å². The number of nitrogens with zero attached hydrogens (tertiary/aromatic N) is 4. The van der Waals surface area contributed by atoms with Crippen LogP contribution in [0.3, 0.4) is 0 Å². The molecule has 6 nitrogen and oxygen atoms in total. The molecule has 0 saturated carbocycles. The van der Waals surface area contributed by atoms with Crippen molar-refractivity contribution in [2.24, 2.45) is 5.10 Å². The summed E-state index contributed by atoms with van der Waals surface area (Å²) in [6, 6.07) is 8.31. The molecule has 0 unspecified atom stereocenters. The van der Waals surface area contributed by atoms with E-state index in [1.54, 1.807) is 4.68 Å². The fourth-order valence-corrected chi connectivity index (χ4v) is 4.70. The van der Waals surface area contributed by atoms with Crippen molar-refractivity contribution in [1.82, 2.24) is 14.9 Å². The third kappa shape index (κ3) is 3.79. The normalized spacial score (nSPS) is 15.9. The Morgan fingerprint density at radius 3 is 2.81 bits per heavy atom. The molecule has 2 aliphatic heterocycles. The highest BCUT2D eigenvalue weighted by Crippen LogP contribution is 2.39. The van der Waals surface area contributed by atoms with Crippen LogP contribution in [0, 0.1) is 5.82 Å². The van der Waals surface area contributed by atoms with Gasteiger partial charge in [-0.25, -0.2) is 4.39 Å². The molecule has 0 bridgehead atoms. The van der Waals surface area contributed by atoms with Crippen LogP contribution in [-0.2, 0) is 6.42 Å². The van der Waals surface area contributed by atoms with Crippen LogP contribution in [0.2, 0.25) is 10.0 Å². The topological polar surface area (TPSA) is 61.5 Å². The predicted molar refractivity (Wildman–Crippen MR) is 119 cm³/mol. The van der Waals surface area contributed by atoms with Crippen molar-refractivity contribution < 1.29 is 13.9 Å². The van der Waals surface area contributed by atoms with Crippen LogP contribution >= 0.6 is 35.0 Å². The Balaban J connectivity index is 1.66. The lowest BCUT2D eigenvalue weighted by Gasteiger charge is -2.18. The number of aryl methyl sites for hydroxylation is 1. The summed E-state index contributed by atoms with van der Waals surface area (Å²) in [5, 5.41) is 14.1. The van der Waals surface area contributed by atoms with E-state index in [1.165, 1.54) is 23.9 Å². The van der Waals surface area contributed by atoms with E-state index in [0.717, 1.165) is 22.7 Å². The second kappa shape index (κ2) is 8.18. The quantitative estimate of drug-likeness (QED) is 0.445. The smallest absolute Gasteiger partial charge is 0.231 e. The first-order valence-corrected chi connectivity index (χ1v) is 11.1. The van der Waals surface area contributed by atoms with E-state index >= 15 is 0 Å². The summed E-state index contributed by atoms with van der Waals surface area (Å²) < 4.78 is 26.9. The van der Waals surface area contributed by atoms with Crippen molar-refractivity contribution in [2.45, 2.75) is 24.9 Å². The van der Waals surface area contributed by atoms with Crippen molar-refractivity contribution in [3.63, 3.8) is 0 Å². The first-order chi connectivity index (χ1) is 15.0. The summed E-state index contributed by atoms with van der Waals surface area (Å²) in [5.74, 6) is 1.52. The number of rotatable bonds is 4.